The molecule has 0 spiro atoms. The van der Waals surface area contributed by atoms with Crippen LogP contribution >= 0.6 is 0 Å². The number of aromatic nitrogens is 3. The highest BCUT2D eigenvalue weighted by atomic mass is 16.1. The van der Waals surface area contributed by atoms with Crippen molar-refractivity contribution >= 4 is 17.3 Å². The molecule has 2 aromatic heterocycles. The predicted molar refractivity (Wildman–Crippen MR) is 73.5 cm³/mol. The lowest BCUT2D eigenvalue weighted by atomic mass is 10.2. The van der Waals surface area contributed by atoms with Gasteiger partial charge in [-0.15, -0.1) is 0 Å². The van der Waals surface area contributed by atoms with Crippen molar-refractivity contribution in [3.05, 3.63) is 35.9 Å². The molecule has 2 aromatic rings. The maximum Gasteiger partial charge on any atom is 0.269 e. The highest BCUT2D eigenvalue weighted by molar-refractivity contribution is 5.93. The van der Waals surface area contributed by atoms with E-state index < -0.39 is 0 Å². The summed E-state index contributed by atoms with van der Waals surface area (Å²) >= 11 is 0. The molecule has 0 radical (unpaired) electrons. The Bertz CT molecular complexity index is 590. The average Bonchev–Trinajstić information content (AvgIpc) is 2.78. The smallest absolute Gasteiger partial charge is 0.269 e. The zero-order valence-corrected chi connectivity index (χ0v) is 11.3. The van der Waals surface area contributed by atoms with Gasteiger partial charge in [-0.05, 0) is 18.6 Å². The fraction of sp³-hybridized carbons (Fsp3) is 0.308. The molecule has 2 N–H and O–H groups in total. The van der Waals surface area contributed by atoms with Crippen LogP contribution < -0.4 is 10.6 Å². The van der Waals surface area contributed by atoms with Crippen molar-refractivity contribution in [2.45, 2.75) is 13.3 Å². The van der Waals surface area contributed by atoms with E-state index in [2.05, 4.69) is 27.6 Å². The molecule has 19 heavy (non-hydrogen) atoms. The van der Waals surface area contributed by atoms with Gasteiger partial charge < -0.3 is 10.6 Å². The molecule has 0 fully saturated rings. The minimum atomic E-state index is -0.203. The number of aryl methyl sites for hydroxylation is 2. The normalized spacial score (nSPS) is 10.3. The van der Waals surface area contributed by atoms with E-state index in [0.29, 0.717) is 5.69 Å². The molecule has 1 amide bonds. The summed E-state index contributed by atoms with van der Waals surface area (Å²) in [6.07, 6.45) is 4.37. The van der Waals surface area contributed by atoms with Crippen LogP contribution in [0.2, 0.25) is 0 Å². The Kier molecular flexibility index (Phi) is 3.79. The predicted octanol–water partition coefficient (Wildman–Crippen LogP) is 1.48. The minimum absolute atomic E-state index is 0.203. The average molecular weight is 259 g/mol. The van der Waals surface area contributed by atoms with E-state index in [-0.39, 0.29) is 5.91 Å². The maximum absolute atomic E-state index is 11.5. The van der Waals surface area contributed by atoms with Crippen LogP contribution in [0.25, 0.3) is 0 Å². The number of nitrogens with one attached hydrogen (secondary N) is 2. The van der Waals surface area contributed by atoms with Gasteiger partial charge in [0.1, 0.15) is 5.69 Å². The van der Waals surface area contributed by atoms with Crippen LogP contribution in [0.4, 0.5) is 11.4 Å². The number of rotatable bonds is 4. The number of carbonyl (C=O) groups is 1. The lowest BCUT2D eigenvalue weighted by Crippen LogP contribution is -2.19. The highest BCUT2D eigenvalue weighted by Gasteiger charge is 2.08. The van der Waals surface area contributed by atoms with Crippen molar-refractivity contribution in [2.75, 3.05) is 12.4 Å². The summed E-state index contributed by atoms with van der Waals surface area (Å²) in [5.41, 5.74) is 3.13. The first-order valence-electron chi connectivity index (χ1n) is 6.11. The molecule has 0 aliphatic heterocycles. The van der Waals surface area contributed by atoms with Crippen LogP contribution in [0.5, 0.6) is 0 Å². The van der Waals surface area contributed by atoms with Gasteiger partial charge in [-0.3, -0.25) is 14.5 Å². The SMILES string of the molecule is CCc1nn(C)cc1Nc1ccnc(C(=O)NC)c1. The fourth-order valence-corrected chi connectivity index (χ4v) is 1.82. The molecule has 0 saturated carbocycles. The third-order valence-electron chi connectivity index (χ3n) is 2.74. The van der Waals surface area contributed by atoms with Gasteiger partial charge in [0.2, 0.25) is 0 Å². The van der Waals surface area contributed by atoms with Crippen LogP contribution in [0, 0.1) is 0 Å². The Hall–Kier alpha value is -2.37. The summed E-state index contributed by atoms with van der Waals surface area (Å²) in [7, 11) is 3.47. The van der Waals surface area contributed by atoms with Gasteiger partial charge in [-0.25, -0.2) is 0 Å². The Balaban J connectivity index is 2.25. The van der Waals surface area contributed by atoms with Crippen molar-refractivity contribution in [1.29, 1.82) is 0 Å². The van der Waals surface area contributed by atoms with Gasteiger partial charge in [0.15, 0.2) is 0 Å². The van der Waals surface area contributed by atoms with Gasteiger partial charge in [0, 0.05) is 32.2 Å². The van der Waals surface area contributed by atoms with Gasteiger partial charge in [0.25, 0.3) is 5.91 Å². The van der Waals surface area contributed by atoms with E-state index in [4.69, 9.17) is 0 Å². The molecule has 0 aromatic carbocycles. The highest BCUT2D eigenvalue weighted by Crippen LogP contribution is 2.20. The van der Waals surface area contributed by atoms with Crippen LogP contribution in [-0.4, -0.2) is 27.7 Å². The first-order chi connectivity index (χ1) is 9.13. The van der Waals surface area contributed by atoms with E-state index >= 15 is 0 Å². The quantitative estimate of drug-likeness (QED) is 0.872. The lowest BCUT2D eigenvalue weighted by molar-refractivity contribution is 0.0958. The molecule has 6 heteroatoms. The van der Waals surface area contributed by atoms with Crippen LogP contribution in [0.15, 0.2) is 24.5 Å². The number of anilines is 2. The number of pyridine rings is 1. The molecule has 100 valence electrons. The molecule has 2 rings (SSSR count). The van der Waals surface area contributed by atoms with Crippen molar-refractivity contribution in [2.24, 2.45) is 7.05 Å². The summed E-state index contributed by atoms with van der Waals surface area (Å²) in [6.45, 7) is 2.05. The Morgan fingerprint density at radius 3 is 2.95 bits per heavy atom. The number of hydrogen-bond donors (Lipinski definition) is 2. The number of hydrogen-bond acceptors (Lipinski definition) is 4. The zero-order valence-electron chi connectivity index (χ0n) is 11.3. The largest absolute Gasteiger partial charge is 0.354 e. The summed E-state index contributed by atoms with van der Waals surface area (Å²) in [5, 5.41) is 10.2. The van der Waals surface area contributed by atoms with Crippen LogP contribution in [0.1, 0.15) is 23.1 Å². The number of nitrogens with zero attached hydrogens (tertiary/aromatic N) is 3. The third-order valence-corrected chi connectivity index (χ3v) is 2.74. The van der Waals surface area contributed by atoms with Crippen molar-refractivity contribution < 1.29 is 4.79 Å². The first-order valence-corrected chi connectivity index (χ1v) is 6.11. The Morgan fingerprint density at radius 2 is 2.26 bits per heavy atom. The van der Waals surface area contributed by atoms with E-state index in [1.165, 1.54) is 0 Å². The zero-order chi connectivity index (χ0) is 13.8. The molecule has 0 unspecified atom stereocenters. The van der Waals surface area contributed by atoms with Crippen molar-refractivity contribution in [1.82, 2.24) is 20.1 Å². The second-order valence-electron chi connectivity index (χ2n) is 4.15. The second kappa shape index (κ2) is 5.51. The summed E-state index contributed by atoms with van der Waals surface area (Å²) in [4.78, 5) is 15.6. The van der Waals surface area contributed by atoms with Gasteiger partial charge >= 0.3 is 0 Å². The van der Waals surface area contributed by atoms with Crippen molar-refractivity contribution in [3.63, 3.8) is 0 Å². The molecule has 0 saturated heterocycles. The molecule has 0 bridgehead atoms. The first kappa shape index (κ1) is 13.1. The van der Waals surface area contributed by atoms with Crippen LogP contribution in [-0.2, 0) is 13.5 Å². The molecule has 0 aliphatic rings. The monoisotopic (exact) mass is 259 g/mol. The molecular weight excluding hydrogens is 242 g/mol. The van der Waals surface area contributed by atoms with Crippen molar-refractivity contribution in [3.8, 4) is 0 Å². The Labute approximate surface area is 111 Å². The molecule has 6 nitrogen and oxygen atoms in total. The second-order valence-corrected chi connectivity index (χ2v) is 4.15. The van der Waals surface area contributed by atoms with E-state index in [0.717, 1.165) is 23.5 Å². The van der Waals surface area contributed by atoms with E-state index in [1.807, 2.05) is 19.3 Å². The summed E-state index contributed by atoms with van der Waals surface area (Å²) < 4.78 is 1.77. The molecule has 0 atom stereocenters. The van der Waals surface area contributed by atoms with E-state index in [1.54, 1.807) is 24.0 Å². The molecular formula is C13H17N5O. The van der Waals surface area contributed by atoms with Gasteiger partial charge in [0.05, 0.1) is 11.4 Å². The van der Waals surface area contributed by atoms with E-state index in [9.17, 15) is 4.79 Å². The summed E-state index contributed by atoms with van der Waals surface area (Å²) in [5.74, 6) is -0.203. The molecule has 2 heterocycles. The van der Waals surface area contributed by atoms with Crippen LogP contribution in [0.3, 0.4) is 0 Å². The number of carbonyl (C=O) groups excluding carboxylic acids is 1. The standard InChI is InChI=1S/C13H17N5O/c1-4-10-12(8-18(3)17-10)16-9-5-6-15-11(7-9)13(19)14-2/h5-8H,4H2,1-3H3,(H,14,19)(H,15,16). The Morgan fingerprint density at radius 1 is 1.47 bits per heavy atom. The fourth-order valence-electron chi connectivity index (χ4n) is 1.82. The topological polar surface area (TPSA) is 71.8 Å². The minimum Gasteiger partial charge on any atom is -0.354 e. The molecule has 0 aliphatic carbocycles. The summed E-state index contributed by atoms with van der Waals surface area (Å²) in [6, 6.07) is 3.53. The lowest BCUT2D eigenvalue weighted by Gasteiger charge is -2.06. The third kappa shape index (κ3) is 2.90. The number of amides is 1. The van der Waals surface area contributed by atoms with Gasteiger partial charge in [-0.1, -0.05) is 6.92 Å². The maximum atomic E-state index is 11.5. The van der Waals surface area contributed by atoms with Gasteiger partial charge in [-0.2, -0.15) is 5.10 Å².